The Morgan fingerprint density at radius 3 is 2.82 bits per heavy atom. The fourth-order valence-electron chi connectivity index (χ4n) is 2.63. The third-order valence-electron chi connectivity index (χ3n) is 3.67. The molecule has 1 aliphatic heterocycles. The van der Waals surface area contributed by atoms with E-state index in [1.807, 2.05) is 11.7 Å². The highest BCUT2D eigenvalue weighted by Gasteiger charge is 2.19. The lowest BCUT2D eigenvalue weighted by Crippen LogP contribution is -2.29. The summed E-state index contributed by atoms with van der Waals surface area (Å²) < 4.78 is 7.57. The number of rotatable bonds is 4. The van der Waals surface area contributed by atoms with Crippen molar-refractivity contribution in [2.75, 3.05) is 13.2 Å². The topological polar surface area (TPSA) is 39.1 Å². The first-order valence-electron chi connectivity index (χ1n) is 6.44. The molecule has 4 nitrogen and oxygen atoms in total. The zero-order chi connectivity index (χ0) is 12.4. The second-order valence-corrected chi connectivity index (χ2v) is 4.97. The van der Waals surface area contributed by atoms with Crippen LogP contribution in [0, 0.1) is 13.8 Å². The number of aromatic nitrogens is 2. The molecule has 17 heavy (non-hydrogen) atoms. The van der Waals surface area contributed by atoms with Gasteiger partial charge in [0.05, 0.1) is 11.8 Å². The molecule has 0 aromatic carbocycles. The van der Waals surface area contributed by atoms with E-state index in [9.17, 15) is 0 Å². The van der Waals surface area contributed by atoms with Crippen molar-refractivity contribution in [2.24, 2.45) is 7.05 Å². The zero-order valence-electron chi connectivity index (χ0n) is 11.3. The highest BCUT2D eigenvalue weighted by Crippen LogP contribution is 2.21. The minimum Gasteiger partial charge on any atom is -0.377 e. The number of nitrogens with zero attached hydrogens (tertiary/aromatic N) is 2. The standard InChI is InChI=1S/C13H23N3O/c1-9(14-8-12-6-5-7-17-12)13-10(2)15-16(4)11(13)3/h9,12,14H,5-8H2,1-4H3. The lowest BCUT2D eigenvalue weighted by molar-refractivity contribution is 0.108. The molecule has 0 bridgehead atoms. The van der Waals surface area contributed by atoms with Crippen molar-refractivity contribution in [1.29, 1.82) is 0 Å². The molecular weight excluding hydrogens is 214 g/mol. The summed E-state index contributed by atoms with van der Waals surface area (Å²) in [5, 5.41) is 8.01. The third kappa shape index (κ3) is 2.69. The molecule has 96 valence electrons. The Morgan fingerprint density at radius 2 is 2.29 bits per heavy atom. The van der Waals surface area contributed by atoms with Crippen LogP contribution in [-0.2, 0) is 11.8 Å². The Hall–Kier alpha value is -0.870. The van der Waals surface area contributed by atoms with Gasteiger partial charge < -0.3 is 10.1 Å². The zero-order valence-corrected chi connectivity index (χ0v) is 11.3. The molecular formula is C13H23N3O. The quantitative estimate of drug-likeness (QED) is 0.869. The smallest absolute Gasteiger partial charge is 0.0700 e. The Morgan fingerprint density at radius 1 is 1.53 bits per heavy atom. The Labute approximate surface area is 103 Å². The first kappa shape index (κ1) is 12.6. The van der Waals surface area contributed by atoms with Gasteiger partial charge in [0.2, 0.25) is 0 Å². The second-order valence-electron chi connectivity index (χ2n) is 4.97. The molecule has 2 rings (SSSR count). The minimum absolute atomic E-state index is 0.341. The molecule has 0 amide bonds. The van der Waals surface area contributed by atoms with Crippen molar-refractivity contribution >= 4 is 0 Å². The van der Waals surface area contributed by atoms with E-state index in [4.69, 9.17) is 4.74 Å². The number of ether oxygens (including phenoxy) is 1. The molecule has 1 aromatic rings. The van der Waals surface area contributed by atoms with Crippen LogP contribution < -0.4 is 5.32 Å². The van der Waals surface area contributed by atoms with Crippen LogP contribution in [0.3, 0.4) is 0 Å². The second kappa shape index (κ2) is 5.19. The van der Waals surface area contributed by atoms with E-state index < -0.39 is 0 Å². The van der Waals surface area contributed by atoms with Gasteiger partial charge >= 0.3 is 0 Å². The molecule has 2 atom stereocenters. The van der Waals surface area contributed by atoms with Crippen LogP contribution in [0.5, 0.6) is 0 Å². The summed E-state index contributed by atoms with van der Waals surface area (Å²) in [7, 11) is 2.00. The van der Waals surface area contributed by atoms with E-state index in [1.54, 1.807) is 0 Å². The molecule has 4 heteroatoms. The monoisotopic (exact) mass is 237 g/mol. The van der Waals surface area contributed by atoms with Gasteiger partial charge in [-0.2, -0.15) is 5.10 Å². The summed E-state index contributed by atoms with van der Waals surface area (Å²) in [5.41, 5.74) is 3.69. The van der Waals surface area contributed by atoms with Gasteiger partial charge in [-0.1, -0.05) is 0 Å². The van der Waals surface area contributed by atoms with Crippen molar-refractivity contribution in [1.82, 2.24) is 15.1 Å². The predicted octanol–water partition coefficient (Wildman–Crippen LogP) is 1.87. The maximum Gasteiger partial charge on any atom is 0.0700 e. The Kier molecular flexibility index (Phi) is 3.84. The molecule has 0 saturated carbocycles. The van der Waals surface area contributed by atoms with Crippen molar-refractivity contribution in [2.45, 2.75) is 45.8 Å². The van der Waals surface area contributed by atoms with Gasteiger partial charge in [-0.3, -0.25) is 4.68 Å². The number of nitrogens with one attached hydrogen (secondary N) is 1. The lowest BCUT2D eigenvalue weighted by Gasteiger charge is -2.17. The van der Waals surface area contributed by atoms with E-state index in [1.165, 1.54) is 24.1 Å². The van der Waals surface area contributed by atoms with E-state index in [2.05, 4.69) is 31.2 Å². The molecule has 0 spiro atoms. The first-order valence-corrected chi connectivity index (χ1v) is 6.44. The van der Waals surface area contributed by atoms with Gasteiger partial charge in [-0.05, 0) is 33.6 Å². The van der Waals surface area contributed by atoms with Crippen LogP contribution in [0.15, 0.2) is 0 Å². The van der Waals surface area contributed by atoms with Crippen LogP contribution in [0.1, 0.15) is 42.8 Å². The molecule has 1 aromatic heterocycles. The average molecular weight is 237 g/mol. The van der Waals surface area contributed by atoms with Gasteiger partial charge in [0.1, 0.15) is 0 Å². The van der Waals surface area contributed by atoms with Gasteiger partial charge in [-0.15, -0.1) is 0 Å². The Bertz CT molecular complexity index is 380. The molecule has 1 N–H and O–H groups in total. The SMILES string of the molecule is Cc1nn(C)c(C)c1C(C)NCC1CCCO1. The normalized spacial score (nSPS) is 22.0. The van der Waals surface area contributed by atoms with Crippen LogP contribution in [0.4, 0.5) is 0 Å². The van der Waals surface area contributed by atoms with E-state index in [0.29, 0.717) is 12.1 Å². The predicted molar refractivity (Wildman–Crippen MR) is 68.1 cm³/mol. The summed E-state index contributed by atoms with van der Waals surface area (Å²) in [5.74, 6) is 0. The fourth-order valence-corrected chi connectivity index (χ4v) is 2.63. The largest absolute Gasteiger partial charge is 0.377 e. The maximum atomic E-state index is 5.62. The average Bonchev–Trinajstić information content (AvgIpc) is 2.86. The van der Waals surface area contributed by atoms with Crippen molar-refractivity contribution < 1.29 is 4.74 Å². The van der Waals surface area contributed by atoms with Crippen molar-refractivity contribution in [3.8, 4) is 0 Å². The lowest BCUT2D eigenvalue weighted by atomic mass is 10.1. The van der Waals surface area contributed by atoms with Crippen LogP contribution >= 0.6 is 0 Å². The van der Waals surface area contributed by atoms with Crippen molar-refractivity contribution in [3.63, 3.8) is 0 Å². The molecule has 0 radical (unpaired) electrons. The van der Waals surface area contributed by atoms with E-state index in [-0.39, 0.29) is 0 Å². The fraction of sp³-hybridized carbons (Fsp3) is 0.769. The van der Waals surface area contributed by atoms with Crippen LogP contribution in [0.2, 0.25) is 0 Å². The van der Waals surface area contributed by atoms with E-state index >= 15 is 0 Å². The summed E-state index contributed by atoms with van der Waals surface area (Å²) in [4.78, 5) is 0. The molecule has 2 heterocycles. The van der Waals surface area contributed by atoms with Crippen molar-refractivity contribution in [3.05, 3.63) is 17.0 Å². The van der Waals surface area contributed by atoms with Gasteiger partial charge in [-0.25, -0.2) is 0 Å². The van der Waals surface area contributed by atoms with Crippen LogP contribution in [0.25, 0.3) is 0 Å². The number of aryl methyl sites for hydroxylation is 2. The molecule has 1 fully saturated rings. The number of hydrogen-bond acceptors (Lipinski definition) is 3. The minimum atomic E-state index is 0.341. The molecule has 0 aliphatic carbocycles. The number of hydrogen-bond donors (Lipinski definition) is 1. The van der Waals surface area contributed by atoms with Crippen LogP contribution in [-0.4, -0.2) is 29.0 Å². The van der Waals surface area contributed by atoms with Gasteiger partial charge in [0.15, 0.2) is 0 Å². The van der Waals surface area contributed by atoms with E-state index in [0.717, 1.165) is 18.8 Å². The summed E-state index contributed by atoms with van der Waals surface area (Å²) in [6, 6.07) is 0.341. The highest BCUT2D eigenvalue weighted by atomic mass is 16.5. The molecule has 1 aliphatic rings. The Balaban J connectivity index is 1.96. The van der Waals surface area contributed by atoms with Gasteiger partial charge in [0, 0.05) is 37.5 Å². The molecule has 2 unspecified atom stereocenters. The first-order chi connectivity index (χ1) is 8.09. The molecule has 1 saturated heterocycles. The van der Waals surface area contributed by atoms with Gasteiger partial charge in [0.25, 0.3) is 0 Å². The highest BCUT2D eigenvalue weighted by molar-refractivity contribution is 5.27. The summed E-state index contributed by atoms with van der Waals surface area (Å²) >= 11 is 0. The maximum absolute atomic E-state index is 5.62. The summed E-state index contributed by atoms with van der Waals surface area (Å²) in [6.45, 7) is 8.26. The third-order valence-corrected chi connectivity index (χ3v) is 3.67. The summed E-state index contributed by atoms with van der Waals surface area (Å²) in [6.07, 6.45) is 2.78.